The van der Waals surface area contributed by atoms with Crippen LogP contribution in [0, 0.1) is 11.3 Å². The van der Waals surface area contributed by atoms with Crippen LogP contribution in [-0.4, -0.2) is 12.0 Å². The van der Waals surface area contributed by atoms with E-state index in [1.165, 1.54) is 4.90 Å². The van der Waals surface area contributed by atoms with E-state index in [9.17, 15) is 5.26 Å². The number of hydrogen-bond donors (Lipinski definition) is 0. The molecule has 0 spiro atoms. The zero-order valence-electron chi connectivity index (χ0n) is 11.8. The highest BCUT2D eigenvalue weighted by molar-refractivity contribution is 8.04. The van der Waals surface area contributed by atoms with Gasteiger partial charge in [-0.3, -0.25) is 0 Å². The Labute approximate surface area is 136 Å². The van der Waals surface area contributed by atoms with Crippen LogP contribution >= 0.6 is 23.1 Å². The lowest BCUT2D eigenvalue weighted by molar-refractivity contribution is 1.18. The number of anilines is 1. The molecule has 0 radical (unpaired) electrons. The summed E-state index contributed by atoms with van der Waals surface area (Å²) in [5.41, 5.74) is 2.72. The monoisotopic (exact) mass is 321 g/mol. The molecule has 0 saturated heterocycles. The Morgan fingerprint density at radius 1 is 1.14 bits per heavy atom. The number of para-hydroxylation sites is 2. The molecular weight excluding hydrogens is 310 g/mol. The number of benzene rings is 2. The van der Waals surface area contributed by atoms with Gasteiger partial charge in [0.1, 0.15) is 21.7 Å². The van der Waals surface area contributed by atoms with Gasteiger partial charge in [0.25, 0.3) is 0 Å². The van der Waals surface area contributed by atoms with Crippen molar-refractivity contribution in [2.24, 2.45) is 0 Å². The van der Waals surface area contributed by atoms with Crippen LogP contribution in [0.1, 0.15) is 5.01 Å². The molecule has 0 N–H and O–H groups in total. The molecule has 5 heteroatoms. The van der Waals surface area contributed by atoms with Crippen LogP contribution in [0.3, 0.4) is 0 Å². The first-order valence-corrected chi connectivity index (χ1v) is 8.42. The van der Waals surface area contributed by atoms with E-state index in [0.717, 1.165) is 25.9 Å². The Morgan fingerprint density at radius 2 is 1.91 bits per heavy atom. The second-order valence-corrected chi connectivity index (χ2v) is 6.97. The first-order valence-electron chi connectivity index (χ1n) is 6.79. The second kappa shape index (κ2) is 5.16. The minimum Gasteiger partial charge on any atom is -0.337 e. The number of rotatable bonds is 1. The molecule has 0 amide bonds. The standard InChI is InChI=1S/C17H11N3S2/c1-20-13-7-3-5-9-15(13)22-17(20)11(10-18)16-19-12-6-2-4-8-14(12)21-16/h2-9H,1H3/b17-11-. The molecule has 22 heavy (non-hydrogen) atoms. The van der Waals surface area contributed by atoms with Crippen molar-refractivity contribution in [1.29, 1.82) is 5.26 Å². The Bertz CT molecular complexity index is 917. The SMILES string of the molecule is CN1/C(=C(\C#N)c2nc3ccccc3s2)Sc2ccccc21. The van der Waals surface area contributed by atoms with Crippen molar-refractivity contribution in [3.8, 4) is 6.07 Å². The van der Waals surface area contributed by atoms with Crippen LogP contribution in [0.5, 0.6) is 0 Å². The first-order chi connectivity index (χ1) is 10.8. The van der Waals surface area contributed by atoms with E-state index < -0.39 is 0 Å². The lowest BCUT2D eigenvalue weighted by Gasteiger charge is -2.14. The van der Waals surface area contributed by atoms with Crippen LogP contribution in [0.15, 0.2) is 58.5 Å². The highest BCUT2D eigenvalue weighted by Gasteiger charge is 2.26. The molecule has 106 valence electrons. The second-order valence-electron chi connectivity index (χ2n) is 4.91. The lowest BCUT2D eigenvalue weighted by Crippen LogP contribution is -2.11. The van der Waals surface area contributed by atoms with E-state index in [4.69, 9.17) is 0 Å². The predicted molar refractivity (Wildman–Crippen MR) is 92.9 cm³/mol. The van der Waals surface area contributed by atoms with Gasteiger partial charge < -0.3 is 4.90 Å². The number of allylic oxidation sites excluding steroid dienone is 1. The van der Waals surface area contributed by atoms with Crippen LogP contribution in [0.4, 0.5) is 5.69 Å². The van der Waals surface area contributed by atoms with Gasteiger partial charge in [-0.2, -0.15) is 5.26 Å². The van der Waals surface area contributed by atoms with Gasteiger partial charge in [0.15, 0.2) is 0 Å². The van der Waals surface area contributed by atoms with Crippen molar-refractivity contribution in [2.75, 3.05) is 11.9 Å². The van der Waals surface area contributed by atoms with E-state index in [0.29, 0.717) is 5.57 Å². The van der Waals surface area contributed by atoms with Gasteiger partial charge in [-0.15, -0.1) is 11.3 Å². The maximum Gasteiger partial charge on any atom is 0.137 e. The number of fused-ring (bicyclic) bond motifs is 2. The fraction of sp³-hybridized carbons (Fsp3) is 0.0588. The number of aromatic nitrogens is 1. The highest BCUT2D eigenvalue weighted by atomic mass is 32.2. The van der Waals surface area contributed by atoms with Crippen molar-refractivity contribution >= 4 is 44.6 Å². The zero-order chi connectivity index (χ0) is 15.1. The summed E-state index contributed by atoms with van der Waals surface area (Å²) in [7, 11) is 2.00. The summed E-state index contributed by atoms with van der Waals surface area (Å²) in [5, 5.41) is 11.4. The van der Waals surface area contributed by atoms with Gasteiger partial charge in [-0.25, -0.2) is 4.98 Å². The normalized spacial score (nSPS) is 15.7. The molecule has 1 aliphatic rings. The molecule has 4 rings (SSSR count). The Balaban J connectivity index is 1.88. The molecule has 0 saturated carbocycles. The molecule has 0 bridgehead atoms. The largest absolute Gasteiger partial charge is 0.337 e. The summed E-state index contributed by atoms with van der Waals surface area (Å²) < 4.78 is 1.11. The number of nitrogens with zero attached hydrogens (tertiary/aromatic N) is 3. The number of thiazole rings is 1. The molecule has 2 aromatic carbocycles. The van der Waals surface area contributed by atoms with Gasteiger partial charge >= 0.3 is 0 Å². The quantitative estimate of drug-likeness (QED) is 0.607. The average molecular weight is 321 g/mol. The molecule has 0 aliphatic carbocycles. The van der Waals surface area contributed by atoms with Crippen molar-refractivity contribution in [2.45, 2.75) is 4.90 Å². The van der Waals surface area contributed by atoms with Crippen molar-refractivity contribution in [1.82, 2.24) is 4.98 Å². The van der Waals surface area contributed by atoms with E-state index in [-0.39, 0.29) is 0 Å². The van der Waals surface area contributed by atoms with Gasteiger partial charge in [0.2, 0.25) is 0 Å². The van der Waals surface area contributed by atoms with E-state index >= 15 is 0 Å². The minimum absolute atomic E-state index is 0.643. The molecule has 0 fully saturated rings. The third-order valence-corrected chi connectivity index (χ3v) is 5.86. The van der Waals surface area contributed by atoms with E-state index in [2.05, 4.69) is 28.1 Å². The fourth-order valence-corrected chi connectivity index (χ4v) is 4.66. The van der Waals surface area contributed by atoms with Crippen LogP contribution in [0.2, 0.25) is 0 Å². The molecule has 3 aromatic rings. The van der Waals surface area contributed by atoms with Crippen LogP contribution < -0.4 is 4.90 Å². The molecule has 3 nitrogen and oxygen atoms in total. The number of nitriles is 1. The fourth-order valence-electron chi connectivity index (χ4n) is 2.49. The predicted octanol–water partition coefficient (Wildman–Crippen LogP) is 4.73. The molecule has 0 atom stereocenters. The van der Waals surface area contributed by atoms with Gasteiger partial charge in [0, 0.05) is 11.9 Å². The average Bonchev–Trinajstić information content (AvgIpc) is 3.11. The summed E-state index contributed by atoms with van der Waals surface area (Å²) >= 11 is 3.20. The zero-order valence-corrected chi connectivity index (χ0v) is 13.4. The third-order valence-electron chi connectivity index (χ3n) is 3.57. The molecule has 2 heterocycles. The summed E-state index contributed by atoms with van der Waals surface area (Å²) in [6, 6.07) is 18.5. The van der Waals surface area contributed by atoms with Gasteiger partial charge in [-0.05, 0) is 24.3 Å². The molecule has 0 unspecified atom stereocenters. The maximum absolute atomic E-state index is 9.68. The number of thioether (sulfide) groups is 1. The van der Waals surface area contributed by atoms with Gasteiger partial charge in [0.05, 0.1) is 15.9 Å². The smallest absolute Gasteiger partial charge is 0.137 e. The molecule has 1 aromatic heterocycles. The Kier molecular flexibility index (Phi) is 3.14. The van der Waals surface area contributed by atoms with E-state index in [1.807, 2.05) is 43.4 Å². The molecule has 1 aliphatic heterocycles. The maximum atomic E-state index is 9.68. The van der Waals surface area contributed by atoms with Crippen LogP contribution in [0.25, 0.3) is 15.8 Å². The lowest BCUT2D eigenvalue weighted by atomic mass is 10.3. The number of hydrogen-bond acceptors (Lipinski definition) is 5. The van der Waals surface area contributed by atoms with Crippen LogP contribution in [-0.2, 0) is 0 Å². The summed E-state index contributed by atoms with van der Waals surface area (Å²) in [4.78, 5) is 7.87. The minimum atomic E-state index is 0.643. The third kappa shape index (κ3) is 2.00. The topological polar surface area (TPSA) is 39.9 Å². The van der Waals surface area contributed by atoms with Crippen molar-refractivity contribution in [3.05, 3.63) is 58.6 Å². The van der Waals surface area contributed by atoms with Gasteiger partial charge in [-0.1, -0.05) is 36.0 Å². The summed E-state index contributed by atoms with van der Waals surface area (Å²) in [6.45, 7) is 0. The first kappa shape index (κ1) is 13.4. The van der Waals surface area contributed by atoms with E-state index in [1.54, 1.807) is 23.1 Å². The highest BCUT2D eigenvalue weighted by Crippen LogP contribution is 2.48. The van der Waals surface area contributed by atoms with Crippen molar-refractivity contribution < 1.29 is 0 Å². The molecular formula is C17H11N3S2. The summed E-state index contributed by atoms with van der Waals surface area (Å²) in [6.07, 6.45) is 0. The van der Waals surface area contributed by atoms with Crippen molar-refractivity contribution in [3.63, 3.8) is 0 Å². The Hall–Kier alpha value is -2.29. The summed E-state index contributed by atoms with van der Waals surface area (Å²) in [5.74, 6) is 0. The Morgan fingerprint density at radius 3 is 2.68 bits per heavy atom.